The standard InChI is InChI=1S/C26H27N7O2/c1-4-6-14-33(25-23(26(34)35-5-2)16-27-18(3)28-25)17-19-12-13-21(20-10-8-7-9-11-20)22(15-19)24-29-31-32-30-24/h4,6-13,15-16H,5,14,17H2,1-3H3,(H,29,30,31,32)/b6-4-. The van der Waals surface area contributed by atoms with Gasteiger partial charge in [0.2, 0.25) is 5.82 Å². The Morgan fingerprint density at radius 2 is 1.97 bits per heavy atom. The smallest absolute Gasteiger partial charge is 0.343 e. The molecule has 9 heteroatoms. The lowest BCUT2D eigenvalue weighted by Gasteiger charge is -2.25. The maximum absolute atomic E-state index is 12.6. The number of nitrogens with one attached hydrogen (secondary N) is 1. The van der Waals surface area contributed by atoms with Crippen molar-refractivity contribution in [3.05, 3.63) is 83.8 Å². The van der Waals surface area contributed by atoms with Gasteiger partial charge in [-0.15, -0.1) is 10.2 Å². The number of H-pyrrole nitrogens is 1. The Hall–Kier alpha value is -4.40. The van der Waals surface area contributed by atoms with Crippen LogP contribution in [0.2, 0.25) is 0 Å². The number of rotatable bonds is 9. The summed E-state index contributed by atoms with van der Waals surface area (Å²) < 4.78 is 5.26. The Morgan fingerprint density at radius 1 is 1.14 bits per heavy atom. The normalized spacial score (nSPS) is 11.1. The Morgan fingerprint density at radius 3 is 2.69 bits per heavy atom. The number of aromatic nitrogens is 6. The zero-order valence-electron chi connectivity index (χ0n) is 20.0. The molecular formula is C26H27N7O2. The number of aryl methyl sites for hydroxylation is 1. The molecule has 0 saturated carbocycles. The van der Waals surface area contributed by atoms with Crippen LogP contribution >= 0.6 is 0 Å². The van der Waals surface area contributed by atoms with Crippen molar-refractivity contribution in [1.82, 2.24) is 30.6 Å². The number of esters is 1. The summed E-state index contributed by atoms with van der Waals surface area (Å²) >= 11 is 0. The molecule has 9 nitrogen and oxygen atoms in total. The molecule has 0 spiro atoms. The third-order valence-electron chi connectivity index (χ3n) is 5.37. The van der Waals surface area contributed by atoms with Crippen LogP contribution in [-0.4, -0.2) is 49.7 Å². The lowest BCUT2D eigenvalue weighted by Crippen LogP contribution is -2.27. The molecule has 0 fully saturated rings. The van der Waals surface area contributed by atoms with Crippen molar-refractivity contribution in [2.24, 2.45) is 0 Å². The Balaban J connectivity index is 1.76. The number of carbonyl (C=O) groups excluding carboxylic acids is 1. The second-order valence-electron chi connectivity index (χ2n) is 7.81. The van der Waals surface area contributed by atoms with Gasteiger partial charge in [0.05, 0.1) is 6.61 Å². The van der Waals surface area contributed by atoms with Crippen molar-refractivity contribution in [3.8, 4) is 22.5 Å². The molecule has 0 aliphatic carbocycles. The first-order chi connectivity index (χ1) is 17.1. The molecule has 2 aromatic heterocycles. The predicted octanol–water partition coefficient (Wildman–Crippen LogP) is 4.39. The van der Waals surface area contributed by atoms with Gasteiger partial charge in [-0.3, -0.25) is 0 Å². The Kier molecular flexibility index (Phi) is 7.57. The molecule has 0 bridgehead atoms. The highest BCUT2D eigenvalue weighted by molar-refractivity contribution is 5.94. The van der Waals surface area contributed by atoms with Crippen LogP contribution in [0, 0.1) is 6.92 Å². The summed E-state index contributed by atoms with van der Waals surface area (Å²) in [6.07, 6.45) is 5.51. The van der Waals surface area contributed by atoms with E-state index in [4.69, 9.17) is 4.74 Å². The fraction of sp³-hybridized carbons (Fsp3) is 0.231. The number of nitrogens with zero attached hydrogens (tertiary/aromatic N) is 6. The van der Waals surface area contributed by atoms with Crippen molar-refractivity contribution in [1.29, 1.82) is 0 Å². The van der Waals surface area contributed by atoms with E-state index in [9.17, 15) is 4.79 Å². The molecule has 0 amide bonds. The minimum atomic E-state index is -0.445. The van der Waals surface area contributed by atoms with Gasteiger partial charge in [-0.1, -0.05) is 54.6 Å². The first-order valence-corrected chi connectivity index (χ1v) is 11.4. The predicted molar refractivity (Wildman–Crippen MR) is 134 cm³/mol. The van der Waals surface area contributed by atoms with Gasteiger partial charge in [0.25, 0.3) is 0 Å². The second kappa shape index (κ2) is 11.1. The van der Waals surface area contributed by atoms with Crippen LogP contribution in [0.5, 0.6) is 0 Å². The zero-order valence-corrected chi connectivity index (χ0v) is 20.0. The van der Waals surface area contributed by atoms with E-state index in [-0.39, 0.29) is 6.61 Å². The molecule has 0 atom stereocenters. The van der Waals surface area contributed by atoms with E-state index in [2.05, 4.69) is 42.7 Å². The highest BCUT2D eigenvalue weighted by atomic mass is 16.5. The van der Waals surface area contributed by atoms with Gasteiger partial charge < -0.3 is 9.64 Å². The molecule has 0 radical (unpaired) electrons. The fourth-order valence-corrected chi connectivity index (χ4v) is 3.75. The fourth-order valence-electron chi connectivity index (χ4n) is 3.75. The van der Waals surface area contributed by atoms with E-state index in [1.54, 1.807) is 13.8 Å². The third-order valence-corrected chi connectivity index (χ3v) is 5.37. The van der Waals surface area contributed by atoms with Crippen LogP contribution in [0.15, 0.2) is 66.9 Å². The summed E-state index contributed by atoms with van der Waals surface area (Å²) in [4.78, 5) is 23.5. The second-order valence-corrected chi connectivity index (χ2v) is 7.81. The van der Waals surface area contributed by atoms with E-state index in [0.717, 1.165) is 22.3 Å². The van der Waals surface area contributed by atoms with Gasteiger partial charge in [-0.2, -0.15) is 5.21 Å². The minimum Gasteiger partial charge on any atom is -0.462 e. The largest absolute Gasteiger partial charge is 0.462 e. The van der Waals surface area contributed by atoms with Crippen LogP contribution in [-0.2, 0) is 11.3 Å². The molecule has 4 rings (SSSR count). The summed E-state index contributed by atoms with van der Waals surface area (Å²) in [6.45, 7) is 6.85. The molecule has 4 aromatic rings. The number of carbonyl (C=O) groups is 1. The number of hydrogen-bond donors (Lipinski definition) is 1. The number of hydrogen-bond acceptors (Lipinski definition) is 8. The monoisotopic (exact) mass is 469 g/mol. The average molecular weight is 470 g/mol. The van der Waals surface area contributed by atoms with Crippen LogP contribution in [0.25, 0.3) is 22.5 Å². The molecule has 0 saturated heterocycles. The Labute approximate surface area is 203 Å². The summed E-state index contributed by atoms with van der Waals surface area (Å²) in [7, 11) is 0. The molecule has 0 unspecified atom stereocenters. The molecule has 2 heterocycles. The van der Waals surface area contributed by atoms with Crippen molar-refractivity contribution >= 4 is 11.8 Å². The first kappa shape index (κ1) is 23.7. The number of ether oxygens (including phenoxy) is 1. The molecule has 178 valence electrons. The maximum atomic E-state index is 12.6. The molecule has 2 aromatic carbocycles. The minimum absolute atomic E-state index is 0.274. The highest BCUT2D eigenvalue weighted by Crippen LogP contribution is 2.31. The number of tetrazole rings is 1. The number of anilines is 1. The van der Waals surface area contributed by atoms with Gasteiger partial charge in [-0.05, 0) is 48.7 Å². The summed E-state index contributed by atoms with van der Waals surface area (Å²) in [6, 6.07) is 16.2. The molecule has 0 aliphatic rings. The summed E-state index contributed by atoms with van der Waals surface area (Å²) in [5.74, 6) is 1.17. The van der Waals surface area contributed by atoms with Gasteiger partial charge in [0.1, 0.15) is 17.2 Å². The lowest BCUT2D eigenvalue weighted by molar-refractivity contribution is 0.0526. The third kappa shape index (κ3) is 5.57. The van der Waals surface area contributed by atoms with Gasteiger partial charge in [-0.25, -0.2) is 14.8 Å². The number of aromatic amines is 1. The Bertz CT molecular complexity index is 1300. The molecular weight excluding hydrogens is 442 g/mol. The first-order valence-electron chi connectivity index (χ1n) is 11.4. The van der Waals surface area contributed by atoms with Crippen molar-refractivity contribution in [3.63, 3.8) is 0 Å². The summed E-state index contributed by atoms with van der Waals surface area (Å²) in [5, 5.41) is 14.7. The van der Waals surface area contributed by atoms with E-state index >= 15 is 0 Å². The SMILES string of the molecule is C/C=C\CN(Cc1ccc(-c2ccccc2)c(-c2nn[nH]n2)c1)c1nc(C)ncc1C(=O)OCC. The topological polar surface area (TPSA) is 110 Å². The van der Waals surface area contributed by atoms with E-state index in [0.29, 0.717) is 36.1 Å². The van der Waals surface area contributed by atoms with Crippen molar-refractivity contribution in [2.75, 3.05) is 18.1 Å². The molecule has 0 aliphatic heterocycles. The van der Waals surface area contributed by atoms with Gasteiger partial charge in [0, 0.05) is 24.8 Å². The molecule has 35 heavy (non-hydrogen) atoms. The van der Waals surface area contributed by atoms with Crippen LogP contribution in [0.4, 0.5) is 5.82 Å². The maximum Gasteiger partial charge on any atom is 0.343 e. The number of allylic oxidation sites excluding steroid dienone is 1. The van der Waals surface area contributed by atoms with Crippen LogP contribution < -0.4 is 4.90 Å². The van der Waals surface area contributed by atoms with E-state index in [1.165, 1.54) is 6.20 Å². The lowest BCUT2D eigenvalue weighted by atomic mass is 9.97. The summed E-state index contributed by atoms with van der Waals surface area (Å²) in [5.41, 5.74) is 4.25. The van der Waals surface area contributed by atoms with Crippen molar-refractivity contribution < 1.29 is 9.53 Å². The van der Waals surface area contributed by atoms with Crippen molar-refractivity contribution in [2.45, 2.75) is 27.3 Å². The van der Waals surface area contributed by atoms with E-state index < -0.39 is 5.97 Å². The van der Waals surface area contributed by atoms with E-state index in [1.807, 2.05) is 60.4 Å². The molecule has 1 N–H and O–H groups in total. The van der Waals surface area contributed by atoms with Gasteiger partial charge in [0.15, 0.2) is 0 Å². The van der Waals surface area contributed by atoms with Crippen LogP contribution in [0.1, 0.15) is 35.6 Å². The number of benzene rings is 2. The van der Waals surface area contributed by atoms with Crippen LogP contribution in [0.3, 0.4) is 0 Å². The highest BCUT2D eigenvalue weighted by Gasteiger charge is 2.21. The quantitative estimate of drug-likeness (QED) is 0.284. The zero-order chi connectivity index (χ0) is 24.6. The van der Waals surface area contributed by atoms with Gasteiger partial charge >= 0.3 is 5.97 Å². The average Bonchev–Trinajstić information content (AvgIpc) is 3.42.